The van der Waals surface area contributed by atoms with Crippen molar-refractivity contribution in [2.75, 3.05) is 6.61 Å². The molecule has 0 bridgehead atoms. The molecular formula is C12H20O3. The van der Waals surface area contributed by atoms with Gasteiger partial charge in [0, 0.05) is 5.92 Å². The molecule has 1 aliphatic rings. The molecule has 86 valence electrons. The van der Waals surface area contributed by atoms with E-state index >= 15 is 0 Å². The first-order valence-electron chi connectivity index (χ1n) is 5.83. The van der Waals surface area contributed by atoms with Crippen molar-refractivity contribution >= 4 is 11.8 Å². The van der Waals surface area contributed by atoms with Gasteiger partial charge in [-0.2, -0.15) is 0 Å². The van der Waals surface area contributed by atoms with Crippen LogP contribution < -0.4 is 0 Å². The number of hydrogen-bond acceptors (Lipinski definition) is 3. The maximum atomic E-state index is 12.1. The highest BCUT2D eigenvalue weighted by Crippen LogP contribution is 2.41. The Morgan fingerprint density at radius 2 is 1.73 bits per heavy atom. The maximum absolute atomic E-state index is 12.1. The number of ether oxygens (including phenoxy) is 1. The summed E-state index contributed by atoms with van der Waals surface area (Å²) < 4.78 is 5.03. The lowest BCUT2D eigenvalue weighted by Crippen LogP contribution is -2.40. The summed E-state index contributed by atoms with van der Waals surface area (Å²) in [5.41, 5.74) is -0.864. The van der Waals surface area contributed by atoms with Crippen molar-refractivity contribution < 1.29 is 14.3 Å². The van der Waals surface area contributed by atoms with Crippen molar-refractivity contribution in [3.8, 4) is 0 Å². The Balaban J connectivity index is 2.84. The van der Waals surface area contributed by atoms with Crippen LogP contribution in [-0.2, 0) is 14.3 Å². The second kappa shape index (κ2) is 4.77. The summed E-state index contributed by atoms with van der Waals surface area (Å²) in [6.07, 6.45) is 3.00. The molecule has 0 spiro atoms. The molecule has 0 atom stereocenters. The predicted octanol–water partition coefficient (Wildman–Crippen LogP) is 2.33. The quantitative estimate of drug-likeness (QED) is 0.501. The molecule has 0 saturated heterocycles. The first-order chi connectivity index (χ1) is 7.12. The van der Waals surface area contributed by atoms with Gasteiger partial charge < -0.3 is 4.74 Å². The SMILES string of the molecule is CCOC(=O)C(CC)(CC)C(=O)C1CC1. The fourth-order valence-electron chi connectivity index (χ4n) is 1.99. The fourth-order valence-corrected chi connectivity index (χ4v) is 1.99. The highest BCUT2D eigenvalue weighted by atomic mass is 16.5. The Hall–Kier alpha value is -0.860. The molecule has 3 nitrogen and oxygen atoms in total. The van der Waals surface area contributed by atoms with E-state index < -0.39 is 5.41 Å². The smallest absolute Gasteiger partial charge is 0.319 e. The fraction of sp³-hybridized carbons (Fsp3) is 0.833. The van der Waals surface area contributed by atoms with E-state index in [4.69, 9.17) is 4.74 Å². The molecule has 1 rings (SSSR count). The molecule has 1 saturated carbocycles. The molecule has 15 heavy (non-hydrogen) atoms. The van der Waals surface area contributed by atoms with Crippen LogP contribution in [0.1, 0.15) is 46.5 Å². The number of Topliss-reactive ketones (excluding diaryl/α,β-unsaturated/α-hetero) is 1. The molecule has 0 N–H and O–H groups in total. The van der Waals surface area contributed by atoms with Crippen molar-refractivity contribution in [3.63, 3.8) is 0 Å². The molecule has 0 aromatic carbocycles. The van der Waals surface area contributed by atoms with Crippen molar-refractivity contribution in [2.45, 2.75) is 46.5 Å². The minimum absolute atomic E-state index is 0.103. The van der Waals surface area contributed by atoms with Crippen LogP contribution >= 0.6 is 0 Å². The molecule has 1 aliphatic carbocycles. The minimum Gasteiger partial charge on any atom is -0.465 e. The van der Waals surface area contributed by atoms with Gasteiger partial charge in [-0.3, -0.25) is 9.59 Å². The monoisotopic (exact) mass is 212 g/mol. The Morgan fingerprint density at radius 3 is 2.07 bits per heavy atom. The van der Waals surface area contributed by atoms with E-state index in [0.29, 0.717) is 19.4 Å². The van der Waals surface area contributed by atoms with Crippen molar-refractivity contribution in [1.29, 1.82) is 0 Å². The topological polar surface area (TPSA) is 43.4 Å². The Labute approximate surface area is 91.2 Å². The van der Waals surface area contributed by atoms with E-state index in [0.717, 1.165) is 12.8 Å². The van der Waals surface area contributed by atoms with E-state index in [9.17, 15) is 9.59 Å². The zero-order valence-corrected chi connectivity index (χ0v) is 9.84. The number of rotatable bonds is 6. The second-order valence-corrected chi connectivity index (χ2v) is 4.15. The molecule has 1 fully saturated rings. The van der Waals surface area contributed by atoms with Gasteiger partial charge in [0.25, 0.3) is 0 Å². The summed E-state index contributed by atoms with van der Waals surface area (Å²) in [6.45, 7) is 5.90. The molecular weight excluding hydrogens is 192 g/mol. The van der Waals surface area contributed by atoms with Crippen molar-refractivity contribution in [3.05, 3.63) is 0 Å². The third-order valence-electron chi connectivity index (χ3n) is 3.29. The lowest BCUT2D eigenvalue weighted by molar-refractivity contribution is -0.161. The zero-order valence-electron chi connectivity index (χ0n) is 9.84. The molecule has 0 heterocycles. The van der Waals surface area contributed by atoms with Gasteiger partial charge in [-0.05, 0) is 32.6 Å². The van der Waals surface area contributed by atoms with Gasteiger partial charge in [0.05, 0.1) is 6.61 Å². The first kappa shape index (κ1) is 12.2. The third-order valence-corrected chi connectivity index (χ3v) is 3.29. The van der Waals surface area contributed by atoms with Crippen LogP contribution in [0.2, 0.25) is 0 Å². The van der Waals surface area contributed by atoms with Crippen LogP contribution in [0.4, 0.5) is 0 Å². The summed E-state index contributed by atoms with van der Waals surface area (Å²) in [4.78, 5) is 24.0. The highest BCUT2D eigenvalue weighted by Gasteiger charge is 2.49. The number of carbonyl (C=O) groups excluding carboxylic acids is 2. The van der Waals surface area contributed by atoms with Gasteiger partial charge in [0.1, 0.15) is 5.41 Å². The maximum Gasteiger partial charge on any atom is 0.319 e. The Kier molecular flexibility index (Phi) is 3.89. The van der Waals surface area contributed by atoms with E-state index in [1.54, 1.807) is 6.92 Å². The third kappa shape index (κ3) is 2.21. The standard InChI is InChI=1S/C12H20O3/c1-4-12(5-2,11(14)15-6-3)10(13)9-7-8-9/h9H,4-8H2,1-3H3. The highest BCUT2D eigenvalue weighted by molar-refractivity contribution is 6.05. The van der Waals surface area contributed by atoms with Crippen LogP contribution in [0.5, 0.6) is 0 Å². The number of esters is 1. The molecule has 0 radical (unpaired) electrons. The van der Waals surface area contributed by atoms with Crippen molar-refractivity contribution in [1.82, 2.24) is 0 Å². The summed E-state index contributed by atoms with van der Waals surface area (Å²) in [5.74, 6) is -0.104. The minimum atomic E-state index is -0.864. The molecule has 0 aromatic rings. The van der Waals surface area contributed by atoms with Gasteiger partial charge in [0.15, 0.2) is 5.78 Å². The lowest BCUT2D eigenvalue weighted by atomic mass is 9.76. The van der Waals surface area contributed by atoms with Gasteiger partial charge in [-0.15, -0.1) is 0 Å². The van der Waals surface area contributed by atoms with E-state index in [-0.39, 0.29) is 17.7 Å². The number of carbonyl (C=O) groups is 2. The van der Waals surface area contributed by atoms with Gasteiger partial charge in [-0.1, -0.05) is 13.8 Å². The largest absolute Gasteiger partial charge is 0.465 e. The van der Waals surface area contributed by atoms with E-state index in [2.05, 4.69) is 0 Å². The number of ketones is 1. The van der Waals surface area contributed by atoms with Crippen LogP contribution in [0, 0.1) is 11.3 Å². The molecule has 0 aromatic heterocycles. The summed E-state index contributed by atoms with van der Waals surface area (Å²) >= 11 is 0. The van der Waals surface area contributed by atoms with Crippen LogP contribution in [0.3, 0.4) is 0 Å². The van der Waals surface area contributed by atoms with Crippen LogP contribution in [0.25, 0.3) is 0 Å². The van der Waals surface area contributed by atoms with E-state index in [1.807, 2.05) is 13.8 Å². The Bertz CT molecular complexity index is 250. The van der Waals surface area contributed by atoms with Crippen LogP contribution in [-0.4, -0.2) is 18.4 Å². The molecule has 0 aliphatic heterocycles. The summed E-state index contributed by atoms with van der Waals surface area (Å²) in [6, 6.07) is 0. The van der Waals surface area contributed by atoms with Crippen LogP contribution in [0.15, 0.2) is 0 Å². The molecule has 3 heteroatoms. The van der Waals surface area contributed by atoms with Gasteiger partial charge >= 0.3 is 5.97 Å². The summed E-state index contributed by atoms with van der Waals surface area (Å²) in [5, 5.41) is 0. The molecule has 0 unspecified atom stereocenters. The van der Waals surface area contributed by atoms with E-state index in [1.165, 1.54) is 0 Å². The average molecular weight is 212 g/mol. The second-order valence-electron chi connectivity index (χ2n) is 4.15. The predicted molar refractivity (Wildman–Crippen MR) is 57.4 cm³/mol. The van der Waals surface area contributed by atoms with Crippen molar-refractivity contribution in [2.24, 2.45) is 11.3 Å². The normalized spacial score (nSPS) is 16.2. The summed E-state index contributed by atoms with van der Waals surface area (Å²) in [7, 11) is 0. The zero-order chi connectivity index (χ0) is 11.5. The Morgan fingerprint density at radius 1 is 1.20 bits per heavy atom. The lowest BCUT2D eigenvalue weighted by Gasteiger charge is -2.27. The first-order valence-corrected chi connectivity index (χ1v) is 5.83. The average Bonchev–Trinajstić information content (AvgIpc) is 3.04. The van der Waals surface area contributed by atoms with Gasteiger partial charge in [-0.25, -0.2) is 0 Å². The van der Waals surface area contributed by atoms with Gasteiger partial charge in [0.2, 0.25) is 0 Å². The molecule has 0 amide bonds. The number of hydrogen-bond donors (Lipinski definition) is 0.